The zero-order valence-corrected chi connectivity index (χ0v) is 16.4. The van der Waals surface area contributed by atoms with Crippen molar-refractivity contribution in [2.75, 3.05) is 12.1 Å². The van der Waals surface area contributed by atoms with Gasteiger partial charge in [0.25, 0.3) is 5.91 Å². The average molecular weight is 395 g/mol. The largest absolute Gasteiger partial charge is 0.454 e. The Kier molecular flexibility index (Phi) is 7.22. The molecule has 0 saturated carbocycles. The Morgan fingerprint density at radius 1 is 1.07 bits per heavy atom. The molecular weight excluding hydrogens is 370 g/mol. The number of nitrogens with zero attached hydrogens (tertiary/aromatic N) is 1. The van der Waals surface area contributed by atoms with Gasteiger partial charge in [-0.05, 0) is 48.4 Å². The van der Waals surface area contributed by atoms with Crippen LogP contribution in [0.25, 0.3) is 0 Å². The topological polar surface area (TPSA) is 89.0 Å². The van der Waals surface area contributed by atoms with Crippen molar-refractivity contribution in [3.63, 3.8) is 0 Å². The molecule has 0 atom stereocenters. The molecule has 0 fully saturated rings. The average Bonchev–Trinajstić information content (AvgIpc) is 3.19. The Labute approximate surface area is 170 Å². The molecule has 0 aliphatic carbocycles. The number of hydrazone groups is 1. The van der Waals surface area contributed by atoms with Gasteiger partial charge in [-0.1, -0.05) is 32.3 Å². The van der Waals surface area contributed by atoms with Gasteiger partial charge in [-0.2, -0.15) is 5.10 Å². The fourth-order valence-electron chi connectivity index (χ4n) is 2.90. The Balaban J connectivity index is 1.51. The molecule has 7 nitrogen and oxygen atoms in total. The highest BCUT2D eigenvalue weighted by atomic mass is 16.7. The Hall–Kier alpha value is -3.35. The van der Waals surface area contributed by atoms with Gasteiger partial charge in [-0.3, -0.25) is 9.59 Å². The van der Waals surface area contributed by atoms with Crippen LogP contribution in [-0.2, 0) is 4.79 Å². The summed E-state index contributed by atoms with van der Waals surface area (Å²) in [6.45, 7) is 2.34. The van der Waals surface area contributed by atoms with Crippen LogP contribution in [0.5, 0.6) is 11.5 Å². The number of nitrogens with one attached hydrogen (secondary N) is 2. The van der Waals surface area contributed by atoms with Crippen molar-refractivity contribution in [3.05, 3.63) is 53.6 Å². The zero-order valence-electron chi connectivity index (χ0n) is 16.4. The van der Waals surface area contributed by atoms with Crippen LogP contribution in [0.1, 0.15) is 54.9 Å². The van der Waals surface area contributed by atoms with E-state index in [4.69, 9.17) is 9.47 Å². The van der Waals surface area contributed by atoms with E-state index in [9.17, 15) is 9.59 Å². The van der Waals surface area contributed by atoms with Crippen LogP contribution in [0.2, 0.25) is 0 Å². The van der Waals surface area contributed by atoms with Gasteiger partial charge >= 0.3 is 0 Å². The van der Waals surface area contributed by atoms with Crippen LogP contribution < -0.4 is 20.2 Å². The number of hydrogen-bond donors (Lipinski definition) is 2. The van der Waals surface area contributed by atoms with E-state index in [0.29, 0.717) is 29.2 Å². The number of rotatable bonds is 9. The fourth-order valence-corrected chi connectivity index (χ4v) is 2.90. The molecule has 0 radical (unpaired) electrons. The molecule has 0 spiro atoms. The van der Waals surface area contributed by atoms with Crippen molar-refractivity contribution in [2.45, 2.75) is 39.0 Å². The van der Waals surface area contributed by atoms with Crippen molar-refractivity contribution >= 4 is 23.7 Å². The molecule has 0 unspecified atom stereocenters. The summed E-state index contributed by atoms with van der Waals surface area (Å²) in [7, 11) is 0. The maximum Gasteiger partial charge on any atom is 0.271 e. The smallest absolute Gasteiger partial charge is 0.271 e. The molecule has 1 aliphatic heterocycles. The molecule has 2 aromatic rings. The molecular formula is C22H25N3O4. The Morgan fingerprint density at radius 2 is 1.93 bits per heavy atom. The summed E-state index contributed by atoms with van der Waals surface area (Å²) >= 11 is 0. The lowest BCUT2D eigenvalue weighted by molar-refractivity contribution is -0.116. The van der Waals surface area contributed by atoms with Crippen LogP contribution in [0.4, 0.5) is 5.69 Å². The number of fused-ring (bicyclic) bond motifs is 1. The van der Waals surface area contributed by atoms with Gasteiger partial charge in [0, 0.05) is 17.7 Å². The third-order valence-electron chi connectivity index (χ3n) is 4.44. The second kappa shape index (κ2) is 10.3. The zero-order chi connectivity index (χ0) is 20.5. The first-order valence-electron chi connectivity index (χ1n) is 9.78. The number of hydrogen-bond acceptors (Lipinski definition) is 5. The molecule has 7 heteroatoms. The third-order valence-corrected chi connectivity index (χ3v) is 4.44. The first-order chi connectivity index (χ1) is 14.2. The summed E-state index contributed by atoms with van der Waals surface area (Å²) < 4.78 is 10.6. The summed E-state index contributed by atoms with van der Waals surface area (Å²) in [5.74, 6) is 0.939. The van der Waals surface area contributed by atoms with Crippen molar-refractivity contribution in [2.24, 2.45) is 5.10 Å². The van der Waals surface area contributed by atoms with E-state index in [-0.39, 0.29) is 18.6 Å². The second-order valence-electron chi connectivity index (χ2n) is 6.75. The lowest BCUT2D eigenvalue weighted by Gasteiger charge is -2.07. The van der Waals surface area contributed by atoms with E-state index < -0.39 is 0 Å². The minimum absolute atomic E-state index is 0.0421. The van der Waals surface area contributed by atoms with Crippen molar-refractivity contribution in [1.82, 2.24) is 5.43 Å². The highest BCUT2D eigenvalue weighted by Gasteiger charge is 2.12. The van der Waals surface area contributed by atoms with Gasteiger partial charge in [-0.25, -0.2) is 5.43 Å². The summed E-state index contributed by atoms with van der Waals surface area (Å²) in [6.07, 6.45) is 6.20. The van der Waals surface area contributed by atoms with E-state index in [1.54, 1.807) is 36.4 Å². The van der Waals surface area contributed by atoms with Gasteiger partial charge in [0.15, 0.2) is 11.5 Å². The van der Waals surface area contributed by atoms with Gasteiger partial charge in [0.05, 0.1) is 6.21 Å². The molecule has 3 rings (SSSR count). The van der Waals surface area contributed by atoms with E-state index in [1.165, 1.54) is 6.21 Å². The highest BCUT2D eigenvalue weighted by molar-refractivity contribution is 5.97. The lowest BCUT2D eigenvalue weighted by atomic mass is 10.1. The molecule has 1 heterocycles. The molecule has 152 valence electrons. The van der Waals surface area contributed by atoms with Crippen molar-refractivity contribution in [3.8, 4) is 11.5 Å². The molecule has 29 heavy (non-hydrogen) atoms. The minimum atomic E-state index is -0.360. The third kappa shape index (κ3) is 6.07. The van der Waals surface area contributed by atoms with Crippen molar-refractivity contribution < 1.29 is 19.1 Å². The van der Waals surface area contributed by atoms with E-state index in [2.05, 4.69) is 22.8 Å². The second-order valence-corrected chi connectivity index (χ2v) is 6.75. The number of amides is 2. The molecule has 2 aromatic carbocycles. The first kappa shape index (κ1) is 20.4. The maximum absolute atomic E-state index is 12.3. The quantitative estimate of drug-likeness (QED) is 0.380. The predicted molar refractivity (Wildman–Crippen MR) is 111 cm³/mol. The van der Waals surface area contributed by atoms with E-state index in [1.807, 2.05) is 6.07 Å². The van der Waals surface area contributed by atoms with Gasteiger partial charge in [0.2, 0.25) is 12.7 Å². The summed E-state index contributed by atoms with van der Waals surface area (Å²) in [5.41, 5.74) is 4.28. The van der Waals surface area contributed by atoms with Gasteiger partial charge in [0.1, 0.15) is 0 Å². The number of benzene rings is 2. The predicted octanol–water partition coefficient (Wildman–Crippen LogP) is 4.09. The molecule has 0 aromatic heterocycles. The van der Waals surface area contributed by atoms with Gasteiger partial charge in [-0.15, -0.1) is 0 Å². The highest BCUT2D eigenvalue weighted by Crippen LogP contribution is 2.31. The molecule has 1 aliphatic rings. The number of unbranched alkanes of at least 4 members (excludes halogenated alkanes) is 3. The van der Waals surface area contributed by atoms with Crippen LogP contribution in [0, 0.1) is 0 Å². The minimum Gasteiger partial charge on any atom is -0.454 e. The number of carbonyl (C=O) groups excluding carboxylic acids is 2. The first-order valence-corrected chi connectivity index (χ1v) is 9.78. The Morgan fingerprint density at radius 3 is 2.79 bits per heavy atom. The van der Waals surface area contributed by atoms with E-state index in [0.717, 1.165) is 31.2 Å². The van der Waals surface area contributed by atoms with Crippen molar-refractivity contribution in [1.29, 1.82) is 0 Å². The molecule has 0 saturated heterocycles. The van der Waals surface area contributed by atoms with Crippen LogP contribution in [0.15, 0.2) is 47.6 Å². The summed E-state index contributed by atoms with van der Waals surface area (Å²) in [4.78, 5) is 24.3. The monoisotopic (exact) mass is 395 g/mol. The fraction of sp³-hybridized carbons (Fsp3) is 0.318. The van der Waals surface area contributed by atoms with Gasteiger partial charge < -0.3 is 14.8 Å². The van der Waals surface area contributed by atoms with Crippen LogP contribution >= 0.6 is 0 Å². The molecule has 2 amide bonds. The standard InChI is InChI=1S/C22H25N3O4/c1-2-3-4-5-9-21(26)24-18-8-6-7-17(13-18)22(27)25-23-14-16-10-11-19-20(12-16)29-15-28-19/h6-8,10-14H,2-5,9,15H2,1H3,(H,24,26)(H,25,27)/b23-14+. The summed E-state index contributed by atoms with van der Waals surface area (Å²) in [5, 5.41) is 6.82. The lowest BCUT2D eigenvalue weighted by Crippen LogP contribution is -2.18. The number of carbonyl (C=O) groups is 2. The van der Waals surface area contributed by atoms with Crippen LogP contribution in [0.3, 0.4) is 0 Å². The SMILES string of the molecule is CCCCCCC(=O)Nc1cccc(C(=O)N/N=C/c2ccc3c(c2)OCO3)c1. The molecule has 0 bridgehead atoms. The number of anilines is 1. The molecule has 2 N–H and O–H groups in total. The maximum atomic E-state index is 12.3. The number of ether oxygens (including phenoxy) is 2. The Bertz CT molecular complexity index is 895. The normalized spacial score (nSPS) is 12.2. The van der Waals surface area contributed by atoms with E-state index >= 15 is 0 Å². The summed E-state index contributed by atoms with van der Waals surface area (Å²) in [6, 6.07) is 12.2. The van der Waals surface area contributed by atoms with Crippen LogP contribution in [-0.4, -0.2) is 24.8 Å².